The smallest absolute Gasteiger partial charge is 0.410 e. The van der Waals surface area contributed by atoms with Crippen LogP contribution in [0.4, 0.5) is 28.2 Å². The van der Waals surface area contributed by atoms with Crippen LogP contribution in [-0.2, 0) is 35.4 Å². The fourth-order valence-corrected chi connectivity index (χ4v) is 7.96. The lowest BCUT2D eigenvalue weighted by molar-refractivity contribution is 0.0146. The van der Waals surface area contributed by atoms with Crippen LogP contribution in [0.3, 0.4) is 0 Å². The van der Waals surface area contributed by atoms with Gasteiger partial charge < -0.3 is 38.5 Å². The lowest BCUT2D eigenvalue weighted by atomic mass is 10.1. The number of methoxy groups -OCH3 is 2. The Labute approximate surface area is 359 Å². The van der Waals surface area contributed by atoms with Crippen molar-refractivity contribution < 1.29 is 23.7 Å². The van der Waals surface area contributed by atoms with Crippen LogP contribution in [0.5, 0.6) is 11.5 Å². The molecule has 320 valence electrons. The molecule has 0 radical (unpaired) electrons. The standard InChI is InChI=1S/C47H57N9O5/c1-47(2,3)61-46(57)54-24-22-52(23-25-54)20-18-34-6-12-38(13-7-34)56-21-19-41-42(50-45(51-43(41)56)53-26-28-60-29-27-53)37-30-48-44(49-31-37)55(32-35-8-14-39(58-4)15-9-35)33-36-10-16-40(59-5)17-11-36/h6-17,30-31H,18-29,32-33H2,1-5H3. The molecule has 8 rings (SSSR count). The Morgan fingerprint density at radius 2 is 1.33 bits per heavy atom. The number of fused-ring (bicyclic) bond motifs is 1. The molecule has 3 aliphatic rings. The number of piperazine rings is 1. The van der Waals surface area contributed by atoms with E-state index in [0.29, 0.717) is 51.3 Å². The van der Waals surface area contributed by atoms with Crippen molar-refractivity contribution in [3.63, 3.8) is 0 Å². The van der Waals surface area contributed by atoms with Gasteiger partial charge in [-0.05, 0) is 86.7 Å². The van der Waals surface area contributed by atoms with Gasteiger partial charge in [0.05, 0.1) is 33.1 Å². The van der Waals surface area contributed by atoms with E-state index < -0.39 is 5.60 Å². The van der Waals surface area contributed by atoms with E-state index in [9.17, 15) is 4.79 Å². The summed E-state index contributed by atoms with van der Waals surface area (Å²) >= 11 is 0. The topological polar surface area (TPSA) is 122 Å². The third-order valence-corrected chi connectivity index (χ3v) is 11.4. The second-order valence-corrected chi connectivity index (χ2v) is 16.7. The number of amides is 1. The number of ether oxygens (including phenoxy) is 4. The molecule has 0 unspecified atom stereocenters. The quantitative estimate of drug-likeness (QED) is 0.124. The number of hydrogen-bond donors (Lipinski definition) is 0. The SMILES string of the molecule is COc1ccc(CN(Cc2ccc(OC)cc2)c2ncc(-c3nc(N4CCOCC4)nc4c3CCN4c3ccc(CCN4CCN(C(=O)OC(C)(C)C)CC4)cc3)cn2)cc1. The highest BCUT2D eigenvalue weighted by Crippen LogP contribution is 2.39. The highest BCUT2D eigenvalue weighted by Gasteiger charge is 2.30. The number of carbonyl (C=O) groups is 1. The zero-order valence-corrected chi connectivity index (χ0v) is 36.0. The van der Waals surface area contributed by atoms with Gasteiger partial charge in [0.15, 0.2) is 0 Å². The maximum Gasteiger partial charge on any atom is 0.410 e. The normalized spacial score (nSPS) is 15.7. The molecule has 0 bridgehead atoms. The van der Waals surface area contributed by atoms with E-state index in [-0.39, 0.29) is 6.09 Å². The van der Waals surface area contributed by atoms with E-state index in [0.717, 1.165) is 103 Å². The number of aromatic nitrogens is 4. The van der Waals surface area contributed by atoms with Crippen molar-refractivity contribution in [1.29, 1.82) is 0 Å². The van der Waals surface area contributed by atoms with Gasteiger partial charge in [0.25, 0.3) is 0 Å². The fraction of sp³-hybridized carbons (Fsp3) is 0.426. The van der Waals surface area contributed by atoms with Crippen LogP contribution >= 0.6 is 0 Å². The van der Waals surface area contributed by atoms with Crippen LogP contribution in [0, 0.1) is 0 Å². The molecule has 3 aliphatic heterocycles. The second-order valence-electron chi connectivity index (χ2n) is 16.7. The lowest BCUT2D eigenvalue weighted by Gasteiger charge is -2.35. The third kappa shape index (κ3) is 10.3. The van der Waals surface area contributed by atoms with E-state index in [1.807, 2.05) is 62.3 Å². The van der Waals surface area contributed by atoms with Crippen molar-refractivity contribution in [2.24, 2.45) is 0 Å². The summed E-state index contributed by atoms with van der Waals surface area (Å²) < 4.78 is 22.1. The van der Waals surface area contributed by atoms with Crippen molar-refractivity contribution in [3.8, 4) is 22.8 Å². The molecule has 2 aromatic heterocycles. The number of hydrogen-bond acceptors (Lipinski definition) is 13. The van der Waals surface area contributed by atoms with Crippen molar-refractivity contribution in [1.82, 2.24) is 29.7 Å². The summed E-state index contributed by atoms with van der Waals surface area (Å²) in [6, 6.07) is 25.1. The average Bonchev–Trinajstić information content (AvgIpc) is 3.72. The summed E-state index contributed by atoms with van der Waals surface area (Å²) in [7, 11) is 3.35. The zero-order chi connectivity index (χ0) is 42.3. The van der Waals surface area contributed by atoms with Crippen LogP contribution in [0.15, 0.2) is 85.2 Å². The Hall–Kier alpha value is -5.99. The summed E-state index contributed by atoms with van der Waals surface area (Å²) in [5.41, 5.74) is 6.95. The van der Waals surface area contributed by atoms with Crippen molar-refractivity contribution in [2.75, 3.05) is 94.5 Å². The monoisotopic (exact) mass is 827 g/mol. The second kappa shape index (κ2) is 18.7. The van der Waals surface area contributed by atoms with E-state index in [1.54, 1.807) is 14.2 Å². The molecular formula is C47H57N9O5. The van der Waals surface area contributed by atoms with Crippen molar-refractivity contribution in [2.45, 2.75) is 52.3 Å². The van der Waals surface area contributed by atoms with Gasteiger partial charge in [0.1, 0.15) is 22.9 Å². The molecule has 2 saturated heterocycles. The van der Waals surface area contributed by atoms with Crippen LogP contribution in [0.1, 0.15) is 43.0 Å². The molecule has 5 heterocycles. The Morgan fingerprint density at radius 1 is 0.738 bits per heavy atom. The lowest BCUT2D eigenvalue weighted by Crippen LogP contribution is -2.50. The Kier molecular flexibility index (Phi) is 12.8. The maximum absolute atomic E-state index is 12.5. The van der Waals surface area contributed by atoms with Gasteiger partial charge in [0, 0.05) is 94.7 Å². The van der Waals surface area contributed by atoms with Gasteiger partial charge in [-0.1, -0.05) is 36.4 Å². The number of benzene rings is 3. The van der Waals surface area contributed by atoms with E-state index in [1.165, 1.54) is 5.56 Å². The molecule has 0 aliphatic carbocycles. The molecule has 1 amide bonds. The van der Waals surface area contributed by atoms with E-state index in [4.69, 9.17) is 38.9 Å². The summed E-state index contributed by atoms with van der Waals surface area (Å²) in [4.78, 5) is 43.8. The molecule has 0 saturated carbocycles. The highest BCUT2D eigenvalue weighted by atomic mass is 16.6. The first kappa shape index (κ1) is 41.7. The van der Waals surface area contributed by atoms with Gasteiger partial charge in [0.2, 0.25) is 11.9 Å². The third-order valence-electron chi connectivity index (χ3n) is 11.4. The minimum atomic E-state index is -0.485. The predicted octanol–water partition coefficient (Wildman–Crippen LogP) is 6.78. The predicted molar refractivity (Wildman–Crippen MR) is 237 cm³/mol. The average molecular weight is 828 g/mol. The minimum Gasteiger partial charge on any atom is -0.497 e. The first-order valence-electron chi connectivity index (χ1n) is 21.3. The molecular weight excluding hydrogens is 771 g/mol. The van der Waals surface area contributed by atoms with Crippen LogP contribution in [0.2, 0.25) is 0 Å². The van der Waals surface area contributed by atoms with Crippen LogP contribution in [-0.4, -0.2) is 121 Å². The first-order chi connectivity index (χ1) is 29.6. The summed E-state index contributed by atoms with van der Waals surface area (Å²) in [5, 5.41) is 0. The minimum absolute atomic E-state index is 0.225. The number of carbonyl (C=O) groups excluding carboxylic acids is 1. The van der Waals surface area contributed by atoms with E-state index >= 15 is 0 Å². The Balaban J connectivity index is 1.00. The Bertz CT molecular complexity index is 2170. The van der Waals surface area contributed by atoms with Crippen molar-refractivity contribution >= 4 is 29.5 Å². The van der Waals surface area contributed by atoms with Gasteiger partial charge in [-0.25, -0.2) is 19.7 Å². The maximum atomic E-state index is 12.5. The molecule has 0 N–H and O–H groups in total. The zero-order valence-electron chi connectivity index (χ0n) is 36.0. The fourth-order valence-electron chi connectivity index (χ4n) is 7.96. The number of nitrogens with zero attached hydrogens (tertiary/aromatic N) is 9. The van der Waals surface area contributed by atoms with Gasteiger partial charge in [-0.15, -0.1) is 0 Å². The van der Waals surface area contributed by atoms with Crippen LogP contribution < -0.4 is 24.2 Å². The van der Waals surface area contributed by atoms with E-state index in [2.05, 4.69) is 68.1 Å². The van der Waals surface area contributed by atoms with Crippen molar-refractivity contribution in [3.05, 3.63) is 107 Å². The molecule has 14 heteroatoms. The highest BCUT2D eigenvalue weighted by molar-refractivity contribution is 5.77. The summed E-state index contributed by atoms with van der Waals surface area (Å²) in [6.07, 6.45) is 5.31. The first-order valence-corrected chi connectivity index (χ1v) is 21.3. The van der Waals surface area contributed by atoms with Gasteiger partial charge in [-0.2, -0.15) is 4.98 Å². The van der Waals surface area contributed by atoms with Gasteiger partial charge in [-0.3, -0.25) is 4.90 Å². The summed E-state index contributed by atoms with van der Waals surface area (Å²) in [5.74, 6) is 3.87. The molecule has 3 aromatic carbocycles. The molecule has 0 spiro atoms. The van der Waals surface area contributed by atoms with Crippen LogP contribution in [0.25, 0.3) is 11.3 Å². The molecule has 14 nitrogen and oxygen atoms in total. The van der Waals surface area contributed by atoms with Gasteiger partial charge >= 0.3 is 6.09 Å². The number of rotatable bonds is 13. The molecule has 0 atom stereocenters. The molecule has 2 fully saturated rings. The largest absolute Gasteiger partial charge is 0.497 e. The molecule has 61 heavy (non-hydrogen) atoms. The number of anilines is 4. The number of morpholine rings is 1. The molecule has 5 aromatic rings. The summed E-state index contributed by atoms with van der Waals surface area (Å²) in [6.45, 7) is 14.4. The Morgan fingerprint density at radius 3 is 1.90 bits per heavy atom.